The largest absolute Gasteiger partial charge is 0.336 e. The van der Waals surface area contributed by atoms with E-state index in [-0.39, 0.29) is 17.7 Å². The number of aromatic nitrogens is 4. The van der Waals surface area contributed by atoms with Crippen LogP contribution in [0.25, 0.3) is 0 Å². The topological polar surface area (TPSA) is 92.2 Å². The molecule has 0 aliphatic carbocycles. The molecule has 9 heteroatoms. The van der Waals surface area contributed by atoms with Crippen molar-refractivity contribution in [3.8, 4) is 0 Å². The van der Waals surface area contributed by atoms with Crippen molar-refractivity contribution in [3.63, 3.8) is 0 Å². The number of aryl methyl sites for hydroxylation is 1. The first kappa shape index (κ1) is 20.7. The van der Waals surface area contributed by atoms with Gasteiger partial charge in [-0.15, -0.1) is 5.10 Å². The first-order chi connectivity index (χ1) is 15.6. The summed E-state index contributed by atoms with van der Waals surface area (Å²) in [6, 6.07) is 9.97. The maximum Gasteiger partial charge on any atom is 0.275 e. The number of likely N-dealkylation sites (tertiary alicyclic amines) is 1. The number of fused-ring (bicyclic) bond motifs is 1. The Balaban J connectivity index is 1.44. The smallest absolute Gasteiger partial charge is 0.275 e. The zero-order chi connectivity index (χ0) is 22.1. The Morgan fingerprint density at radius 1 is 1.19 bits per heavy atom. The first-order valence-electron chi connectivity index (χ1n) is 10.9. The van der Waals surface area contributed by atoms with E-state index in [4.69, 9.17) is 9.97 Å². The van der Waals surface area contributed by atoms with Gasteiger partial charge in [0.15, 0.2) is 5.69 Å². The molecule has 1 atom stereocenters. The molecule has 2 aliphatic heterocycles. The van der Waals surface area contributed by atoms with Crippen molar-refractivity contribution >= 4 is 29.2 Å². The molecule has 8 nitrogen and oxygen atoms in total. The third-order valence-electron chi connectivity index (χ3n) is 6.19. The molecule has 0 saturated carbocycles. The van der Waals surface area contributed by atoms with E-state index in [9.17, 15) is 9.59 Å². The van der Waals surface area contributed by atoms with Crippen LogP contribution in [0.3, 0.4) is 0 Å². The summed E-state index contributed by atoms with van der Waals surface area (Å²) in [5.41, 5.74) is 3.42. The van der Waals surface area contributed by atoms with Crippen LogP contribution in [-0.2, 0) is 17.8 Å². The van der Waals surface area contributed by atoms with E-state index in [1.165, 1.54) is 11.5 Å². The second-order valence-electron chi connectivity index (χ2n) is 8.32. The van der Waals surface area contributed by atoms with Gasteiger partial charge in [0.05, 0.1) is 6.54 Å². The lowest BCUT2D eigenvalue weighted by Crippen LogP contribution is -2.40. The minimum atomic E-state index is -0.0981. The molecule has 1 fully saturated rings. The molecule has 0 spiro atoms. The van der Waals surface area contributed by atoms with Gasteiger partial charge in [0.1, 0.15) is 11.6 Å². The number of benzene rings is 1. The normalized spacial score (nSPS) is 18.5. The van der Waals surface area contributed by atoms with E-state index in [0.717, 1.165) is 35.5 Å². The minimum absolute atomic E-state index is 0.0268. The van der Waals surface area contributed by atoms with Gasteiger partial charge >= 0.3 is 0 Å². The zero-order valence-electron chi connectivity index (χ0n) is 17.9. The second-order valence-corrected chi connectivity index (χ2v) is 8.93. The van der Waals surface area contributed by atoms with Crippen molar-refractivity contribution in [2.75, 3.05) is 18.0 Å². The molecule has 5 rings (SSSR count). The molecule has 1 saturated heterocycles. The van der Waals surface area contributed by atoms with Crippen molar-refractivity contribution in [3.05, 3.63) is 64.1 Å². The van der Waals surface area contributed by atoms with Crippen LogP contribution in [0, 0.1) is 6.92 Å². The average molecular weight is 449 g/mol. The Hall–Kier alpha value is -3.20. The summed E-state index contributed by atoms with van der Waals surface area (Å²) in [6.45, 7) is 3.72. The van der Waals surface area contributed by atoms with Gasteiger partial charge in [0, 0.05) is 42.1 Å². The molecule has 0 N–H and O–H groups in total. The van der Waals surface area contributed by atoms with Crippen LogP contribution < -0.4 is 4.90 Å². The number of anilines is 1. The number of carbonyl (C=O) groups is 2. The number of nitrogens with zero attached hydrogens (tertiary/aromatic N) is 6. The highest BCUT2D eigenvalue weighted by molar-refractivity contribution is 7.03. The van der Waals surface area contributed by atoms with Crippen LogP contribution in [0.1, 0.15) is 58.3 Å². The van der Waals surface area contributed by atoms with Crippen molar-refractivity contribution < 1.29 is 9.59 Å². The summed E-state index contributed by atoms with van der Waals surface area (Å²) in [5, 5.41) is 5.60. The van der Waals surface area contributed by atoms with E-state index in [2.05, 4.69) is 9.59 Å². The molecule has 0 unspecified atom stereocenters. The van der Waals surface area contributed by atoms with Gasteiger partial charge < -0.3 is 4.90 Å². The van der Waals surface area contributed by atoms with Crippen LogP contribution in [0.4, 0.5) is 5.82 Å². The van der Waals surface area contributed by atoms with Crippen molar-refractivity contribution in [1.29, 1.82) is 0 Å². The fraction of sp³-hybridized carbons (Fsp3) is 0.391. The number of hydrogen-bond acceptors (Lipinski definition) is 7. The number of piperidine rings is 1. The van der Waals surface area contributed by atoms with E-state index >= 15 is 0 Å². The lowest BCUT2D eigenvalue weighted by Gasteiger charge is -2.33. The summed E-state index contributed by atoms with van der Waals surface area (Å²) in [6.07, 6.45) is 2.92. The molecule has 2 amide bonds. The maximum absolute atomic E-state index is 12.8. The third kappa shape index (κ3) is 4.00. The molecule has 164 valence electrons. The Morgan fingerprint density at radius 2 is 2.03 bits per heavy atom. The molecule has 3 aromatic rings. The number of hydrogen-bond donors (Lipinski definition) is 0. The van der Waals surface area contributed by atoms with Gasteiger partial charge in [0.25, 0.3) is 5.91 Å². The molecule has 1 aromatic carbocycles. The van der Waals surface area contributed by atoms with Gasteiger partial charge in [0.2, 0.25) is 5.91 Å². The van der Waals surface area contributed by atoms with Crippen LogP contribution in [0.15, 0.2) is 35.7 Å². The van der Waals surface area contributed by atoms with Crippen molar-refractivity contribution in [2.24, 2.45) is 0 Å². The van der Waals surface area contributed by atoms with Crippen LogP contribution in [0.5, 0.6) is 0 Å². The average Bonchev–Trinajstić information content (AvgIpc) is 3.36. The Morgan fingerprint density at radius 3 is 2.81 bits per heavy atom. The van der Waals surface area contributed by atoms with Crippen LogP contribution in [-0.4, -0.2) is 49.4 Å². The van der Waals surface area contributed by atoms with E-state index in [1.54, 1.807) is 10.3 Å². The lowest BCUT2D eigenvalue weighted by atomic mass is 9.95. The summed E-state index contributed by atoms with van der Waals surface area (Å²) >= 11 is 1.18. The summed E-state index contributed by atoms with van der Waals surface area (Å²) < 4.78 is 3.81. The van der Waals surface area contributed by atoms with Gasteiger partial charge in [-0.3, -0.25) is 14.5 Å². The standard InChI is InChI=1S/C23H24N6O2S/c1-15-18-9-10-20(30)29(12-16-6-3-2-4-7-16)22(18)25-21(24-15)17-8-5-11-28(13-17)23(31)19-14-32-27-26-19/h2-4,6-7,14,17H,5,8-13H2,1H3/t17-/m1/s1. The Labute approximate surface area is 190 Å². The van der Waals surface area contributed by atoms with Gasteiger partial charge in [-0.2, -0.15) is 0 Å². The first-order valence-corrected chi connectivity index (χ1v) is 11.7. The monoisotopic (exact) mass is 448 g/mol. The van der Waals surface area contributed by atoms with Crippen LogP contribution >= 0.6 is 11.5 Å². The van der Waals surface area contributed by atoms with E-state index in [1.807, 2.05) is 42.2 Å². The van der Waals surface area contributed by atoms with E-state index in [0.29, 0.717) is 44.0 Å². The number of amides is 2. The highest BCUT2D eigenvalue weighted by atomic mass is 32.1. The maximum atomic E-state index is 12.8. The Bertz CT molecular complexity index is 1130. The molecule has 0 radical (unpaired) electrons. The lowest BCUT2D eigenvalue weighted by molar-refractivity contribution is -0.119. The highest BCUT2D eigenvalue weighted by Crippen LogP contribution is 2.33. The summed E-state index contributed by atoms with van der Waals surface area (Å²) in [4.78, 5) is 38.9. The molecule has 2 aliphatic rings. The molecule has 4 heterocycles. The Kier molecular flexibility index (Phi) is 5.65. The summed E-state index contributed by atoms with van der Waals surface area (Å²) in [7, 11) is 0. The van der Waals surface area contributed by atoms with Gasteiger partial charge in [-0.1, -0.05) is 34.8 Å². The fourth-order valence-electron chi connectivity index (χ4n) is 4.51. The predicted octanol–water partition coefficient (Wildman–Crippen LogP) is 3.14. The molecular formula is C23H24N6O2S. The van der Waals surface area contributed by atoms with Gasteiger partial charge in [-0.05, 0) is 43.3 Å². The number of rotatable bonds is 4. The molecular weight excluding hydrogens is 424 g/mol. The molecule has 2 aromatic heterocycles. The highest BCUT2D eigenvalue weighted by Gasteiger charge is 2.32. The fourth-order valence-corrected chi connectivity index (χ4v) is 4.94. The molecule has 32 heavy (non-hydrogen) atoms. The SMILES string of the molecule is Cc1nc([C@@H]2CCCN(C(=O)c3csnn3)C2)nc2c1CCC(=O)N2Cc1ccccc1. The predicted molar refractivity (Wildman–Crippen MR) is 121 cm³/mol. The van der Waals surface area contributed by atoms with Crippen molar-refractivity contribution in [2.45, 2.75) is 45.1 Å². The van der Waals surface area contributed by atoms with Gasteiger partial charge in [-0.25, -0.2) is 9.97 Å². The van der Waals surface area contributed by atoms with Crippen molar-refractivity contribution in [1.82, 2.24) is 24.5 Å². The number of carbonyl (C=O) groups excluding carboxylic acids is 2. The summed E-state index contributed by atoms with van der Waals surface area (Å²) in [5.74, 6) is 1.45. The third-order valence-corrected chi connectivity index (χ3v) is 6.70. The van der Waals surface area contributed by atoms with E-state index < -0.39 is 0 Å². The quantitative estimate of drug-likeness (QED) is 0.609. The minimum Gasteiger partial charge on any atom is -0.336 e. The zero-order valence-corrected chi connectivity index (χ0v) is 18.7. The second kappa shape index (κ2) is 8.74. The molecule has 0 bridgehead atoms. The van der Waals surface area contributed by atoms with Crippen LogP contribution in [0.2, 0.25) is 0 Å².